The lowest BCUT2D eigenvalue weighted by molar-refractivity contribution is 0.712. The second-order valence-electron chi connectivity index (χ2n) is 4.30. The van der Waals surface area contributed by atoms with Gasteiger partial charge < -0.3 is 10.2 Å². The van der Waals surface area contributed by atoms with E-state index < -0.39 is 0 Å². The third-order valence-corrected chi connectivity index (χ3v) is 2.81. The molecule has 0 aliphatic heterocycles. The van der Waals surface area contributed by atoms with Crippen LogP contribution in [0.2, 0.25) is 0 Å². The molecular weight excluding hydrogens is 196 g/mol. The Labute approximate surface area is 99.7 Å². The van der Waals surface area contributed by atoms with Gasteiger partial charge in [-0.3, -0.25) is 0 Å². The Morgan fingerprint density at radius 2 is 2.12 bits per heavy atom. The van der Waals surface area contributed by atoms with Crippen LogP contribution in [0.25, 0.3) is 0 Å². The van der Waals surface area contributed by atoms with Crippen LogP contribution < -0.4 is 10.2 Å². The molecule has 0 saturated carbocycles. The van der Waals surface area contributed by atoms with E-state index in [0.717, 1.165) is 13.1 Å². The average molecular weight is 220 g/mol. The number of hydrogen-bond donors (Lipinski definition) is 1. The minimum atomic E-state index is 1.08. The highest BCUT2D eigenvalue weighted by atomic mass is 15.1. The number of hydrogen-bond acceptors (Lipinski definition) is 2. The summed E-state index contributed by atoms with van der Waals surface area (Å²) in [6, 6.07) is 8.88. The van der Waals surface area contributed by atoms with E-state index in [0.29, 0.717) is 0 Å². The van der Waals surface area contributed by atoms with Gasteiger partial charge in [0.15, 0.2) is 0 Å². The summed E-state index contributed by atoms with van der Waals surface area (Å²) in [6.45, 7) is 4.42. The van der Waals surface area contributed by atoms with E-state index in [1.54, 1.807) is 0 Å². The molecule has 0 radical (unpaired) electrons. The number of aryl methyl sites for hydroxylation is 1. The standard InChI is InChI=1S/C14H24N2/c1-4-7-13-8-5-9-14(12-13)16(3)11-6-10-15-2/h5,8-9,12,15H,4,6-7,10-11H2,1-3H3. The van der Waals surface area contributed by atoms with Crippen molar-refractivity contribution in [2.75, 3.05) is 32.1 Å². The van der Waals surface area contributed by atoms with Gasteiger partial charge >= 0.3 is 0 Å². The summed E-state index contributed by atoms with van der Waals surface area (Å²) in [4.78, 5) is 2.33. The molecule has 2 heteroatoms. The van der Waals surface area contributed by atoms with Crippen LogP contribution in [0.1, 0.15) is 25.3 Å². The van der Waals surface area contributed by atoms with E-state index >= 15 is 0 Å². The highest BCUT2D eigenvalue weighted by Crippen LogP contribution is 2.16. The summed E-state index contributed by atoms with van der Waals surface area (Å²) < 4.78 is 0. The number of nitrogens with zero attached hydrogens (tertiary/aromatic N) is 1. The van der Waals surface area contributed by atoms with Crippen molar-refractivity contribution >= 4 is 5.69 Å². The molecule has 0 aliphatic carbocycles. The first-order chi connectivity index (χ1) is 7.77. The van der Waals surface area contributed by atoms with Crippen molar-refractivity contribution in [3.05, 3.63) is 29.8 Å². The Kier molecular flexibility index (Phi) is 5.94. The molecule has 2 nitrogen and oxygen atoms in total. The molecule has 0 saturated heterocycles. The van der Waals surface area contributed by atoms with Gasteiger partial charge in [0.2, 0.25) is 0 Å². The Balaban J connectivity index is 2.53. The molecule has 0 amide bonds. The lowest BCUT2D eigenvalue weighted by Crippen LogP contribution is -2.22. The first-order valence-electron chi connectivity index (χ1n) is 6.22. The first-order valence-corrected chi connectivity index (χ1v) is 6.22. The molecule has 0 bridgehead atoms. The highest BCUT2D eigenvalue weighted by Gasteiger charge is 2.01. The van der Waals surface area contributed by atoms with Crippen LogP contribution in [0.4, 0.5) is 5.69 Å². The van der Waals surface area contributed by atoms with Gasteiger partial charge in [-0.1, -0.05) is 25.5 Å². The van der Waals surface area contributed by atoms with Crippen molar-refractivity contribution in [2.24, 2.45) is 0 Å². The molecule has 1 N–H and O–H groups in total. The molecule has 0 heterocycles. The van der Waals surface area contributed by atoms with Crippen molar-refractivity contribution in [3.8, 4) is 0 Å². The molecule has 90 valence electrons. The van der Waals surface area contributed by atoms with Crippen LogP contribution in [0.15, 0.2) is 24.3 Å². The van der Waals surface area contributed by atoms with E-state index in [1.165, 1.54) is 30.5 Å². The summed E-state index contributed by atoms with van der Waals surface area (Å²) in [5, 5.41) is 3.18. The van der Waals surface area contributed by atoms with Crippen molar-refractivity contribution in [3.63, 3.8) is 0 Å². The van der Waals surface area contributed by atoms with Gasteiger partial charge in [0, 0.05) is 19.3 Å². The highest BCUT2D eigenvalue weighted by molar-refractivity contribution is 5.47. The fourth-order valence-electron chi connectivity index (χ4n) is 1.86. The van der Waals surface area contributed by atoms with E-state index in [4.69, 9.17) is 0 Å². The van der Waals surface area contributed by atoms with Gasteiger partial charge in [-0.05, 0) is 44.1 Å². The fourth-order valence-corrected chi connectivity index (χ4v) is 1.86. The van der Waals surface area contributed by atoms with Gasteiger partial charge in [0.1, 0.15) is 0 Å². The van der Waals surface area contributed by atoms with Crippen molar-refractivity contribution in [1.82, 2.24) is 5.32 Å². The number of anilines is 1. The summed E-state index contributed by atoms with van der Waals surface area (Å²) in [7, 11) is 4.17. The normalized spacial score (nSPS) is 10.4. The molecule has 0 unspecified atom stereocenters. The maximum atomic E-state index is 3.18. The molecule has 1 aromatic carbocycles. The van der Waals surface area contributed by atoms with Crippen molar-refractivity contribution in [1.29, 1.82) is 0 Å². The van der Waals surface area contributed by atoms with Gasteiger partial charge in [0.05, 0.1) is 0 Å². The van der Waals surface area contributed by atoms with Crippen LogP contribution >= 0.6 is 0 Å². The van der Waals surface area contributed by atoms with Gasteiger partial charge in [-0.25, -0.2) is 0 Å². The minimum Gasteiger partial charge on any atom is -0.375 e. The lowest BCUT2D eigenvalue weighted by Gasteiger charge is -2.20. The molecule has 0 aliphatic rings. The Morgan fingerprint density at radius 1 is 1.31 bits per heavy atom. The molecule has 1 aromatic rings. The average Bonchev–Trinajstić information content (AvgIpc) is 2.30. The fraction of sp³-hybridized carbons (Fsp3) is 0.571. The third-order valence-electron chi connectivity index (χ3n) is 2.81. The van der Waals surface area contributed by atoms with Crippen LogP contribution in [-0.2, 0) is 6.42 Å². The number of benzene rings is 1. The van der Waals surface area contributed by atoms with Gasteiger partial charge in [0.25, 0.3) is 0 Å². The molecule has 0 fully saturated rings. The van der Waals surface area contributed by atoms with Crippen LogP contribution in [0.5, 0.6) is 0 Å². The van der Waals surface area contributed by atoms with Crippen LogP contribution in [0.3, 0.4) is 0 Å². The Hall–Kier alpha value is -1.02. The molecule has 0 spiro atoms. The third kappa shape index (κ3) is 4.23. The van der Waals surface area contributed by atoms with Gasteiger partial charge in [-0.15, -0.1) is 0 Å². The Bertz CT molecular complexity index is 297. The number of nitrogens with one attached hydrogen (secondary N) is 1. The van der Waals surface area contributed by atoms with Crippen molar-refractivity contribution < 1.29 is 0 Å². The molecule has 1 rings (SSSR count). The van der Waals surface area contributed by atoms with Crippen molar-refractivity contribution in [2.45, 2.75) is 26.2 Å². The second kappa shape index (κ2) is 7.29. The quantitative estimate of drug-likeness (QED) is 0.711. The number of rotatable bonds is 7. The summed E-state index contributed by atoms with van der Waals surface area (Å²) in [6.07, 6.45) is 3.58. The van der Waals surface area contributed by atoms with Crippen LogP contribution in [0, 0.1) is 0 Å². The summed E-state index contributed by atoms with van der Waals surface area (Å²) in [5.41, 5.74) is 2.78. The Morgan fingerprint density at radius 3 is 2.81 bits per heavy atom. The monoisotopic (exact) mass is 220 g/mol. The minimum absolute atomic E-state index is 1.08. The molecule has 0 atom stereocenters. The van der Waals surface area contributed by atoms with E-state index in [-0.39, 0.29) is 0 Å². The second-order valence-corrected chi connectivity index (χ2v) is 4.30. The lowest BCUT2D eigenvalue weighted by atomic mass is 10.1. The topological polar surface area (TPSA) is 15.3 Å². The summed E-state index contributed by atoms with van der Waals surface area (Å²) >= 11 is 0. The van der Waals surface area contributed by atoms with E-state index in [2.05, 4.69) is 48.5 Å². The predicted octanol–water partition coefficient (Wildman–Crippen LogP) is 2.68. The largest absolute Gasteiger partial charge is 0.375 e. The van der Waals surface area contributed by atoms with E-state index in [9.17, 15) is 0 Å². The summed E-state index contributed by atoms with van der Waals surface area (Å²) in [5.74, 6) is 0. The maximum Gasteiger partial charge on any atom is 0.0366 e. The molecular formula is C14H24N2. The SMILES string of the molecule is CCCc1cccc(N(C)CCCNC)c1. The van der Waals surface area contributed by atoms with Gasteiger partial charge in [-0.2, -0.15) is 0 Å². The first kappa shape index (κ1) is 13.0. The maximum absolute atomic E-state index is 3.18. The molecule has 0 aromatic heterocycles. The molecule has 16 heavy (non-hydrogen) atoms. The zero-order valence-electron chi connectivity index (χ0n) is 10.8. The van der Waals surface area contributed by atoms with Crippen LogP contribution in [-0.4, -0.2) is 27.2 Å². The zero-order chi connectivity index (χ0) is 11.8. The zero-order valence-corrected chi connectivity index (χ0v) is 10.8. The predicted molar refractivity (Wildman–Crippen MR) is 72.3 cm³/mol. The smallest absolute Gasteiger partial charge is 0.0366 e. The van der Waals surface area contributed by atoms with E-state index in [1.807, 2.05) is 7.05 Å².